The molecule has 0 aliphatic heterocycles. The highest BCUT2D eigenvalue weighted by Gasteiger charge is 2.12. The van der Waals surface area contributed by atoms with Crippen LogP contribution in [-0.4, -0.2) is 19.8 Å². The van der Waals surface area contributed by atoms with Crippen molar-refractivity contribution in [3.8, 4) is 28.0 Å². The van der Waals surface area contributed by atoms with E-state index in [1.165, 1.54) is 0 Å². The van der Waals surface area contributed by atoms with E-state index in [1.54, 1.807) is 6.07 Å². The topological polar surface area (TPSA) is 98.0 Å². The van der Waals surface area contributed by atoms with Gasteiger partial charge in [0, 0.05) is 0 Å². The third-order valence-electron chi connectivity index (χ3n) is 3.58. The van der Waals surface area contributed by atoms with Crippen LogP contribution in [0.3, 0.4) is 0 Å². The minimum absolute atomic E-state index is 0.337. The molecule has 0 fully saturated rings. The second-order valence-electron chi connectivity index (χ2n) is 5.38. The minimum atomic E-state index is -4.64. The fourth-order valence-electron chi connectivity index (χ4n) is 2.54. The van der Waals surface area contributed by atoms with Crippen molar-refractivity contribution in [2.75, 3.05) is 0 Å². The van der Waals surface area contributed by atoms with Crippen molar-refractivity contribution in [1.82, 2.24) is 0 Å². The summed E-state index contributed by atoms with van der Waals surface area (Å²) in [7, 11) is -4.64. The van der Waals surface area contributed by atoms with Crippen molar-refractivity contribution in [2.45, 2.75) is 6.92 Å². The monoisotopic (exact) mass is 358 g/mol. The Balaban J connectivity index is 0.000000399. The molecule has 5 nitrogen and oxygen atoms in total. The van der Waals surface area contributed by atoms with Crippen LogP contribution in [0.5, 0.6) is 5.75 Å². The van der Waals surface area contributed by atoms with Gasteiger partial charge in [0.2, 0.25) is 0 Å². The van der Waals surface area contributed by atoms with Crippen molar-refractivity contribution in [3.63, 3.8) is 0 Å². The van der Waals surface area contributed by atoms with Crippen molar-refractivity contribution in [3.05, 3.63) is 78.4 Å². The molecular formula is C19H19O5P. The molecule has 0 aliphatic rings. The number of hydrogen-bond acceptors (Lipinski definition) is 2. The van der Waals surface area contributed by atoms with E-state index in [4.69, 9.17) is 19.2 Å². The van der Waals surface area contributed by atoms with Crippen LogP contribution in [0.25, 0.3) is 22.3 Å². The van der Waals surface area contributed by atoms with E-state index in [0.29, 0.717) is 5.75 Å². The van der Waals surface area contributed by atoms with Gasteiger partial charge in [-0.25, -0.2) is 4.57 Å². The zero-order chi connectivity index (χ0) is 18.4. The lowest BCUT2D eigenvalue weighted by atomic mass is 9.90. The highest BCUT2D eigenvalue weighted by molar-refractivity contribution is 7.45. The third kappa shape index (κ3) is 5.55. The highest BCUT2D eigenvalue weighted by atomic mass is 31.2. The van der Waals surface area contributed by atoms with Gasteiger partial charge < -0.3 is 19.8 Å². The average molecular weight is 358 g/mol. The number of hydrogen-bond donors (Lipinski definition) is 4. The predicted octanol–water partition coefficient (Wildman–Crippen LogP) is 4.11. The summed E-state index contributed by atoms with van der Waals surface area (Å²) in [6.45, 7) is 1.96. The molecular weight excluding hydrogens is 339 g/mol. The van der Waals surface area contributed by atoms with E-state index in [0.717, 1.165) is 27.8 Å². The number of phenols is 1. The first-order chi connectivity index (χ1) is 11.8. The highest BCUT2D eigenvalue weighted by Crippen LogP contribution is 2.38. The van der Waals surface area contributed by atoms with Gasteiger partial charge in [-0.15, -0.1) is 0 Å². The second kappa shape index (κ2) is 8.10. The molecule has 0 spiro atoms. The largest absolute Gasteiger partial charge is 0.508 e. The van der Waals surface area contributed by atoms with Crippen LogP contribution in [-0.2, 0) is 4.57 Å². The van der Waals surface area contributed by atoms with Gasteiger partial charge in [0.1, 0.15) is 5.75 Å². The third-order valence-corrected chi connectivity index (χ3v) is 3.58. The molecule has 130 valence electrons. The van der Waals surface area contributed by atoms with Crippen LogP contribution in [0.1, 0.15) is 5.56 Å². The summed E-state index contributed by atoms with van der Waals surface area (Å²) >= 11 is 0. The Morgan fingerprint density at radius 2 is 1.16 bits per heavy atom. The standard InChI is InChI=1S/C19H16O.H3O4P/c1-14-18(20)13-12-17(15-8-4-2-5-9-15)19(14)16-10-6-3-7-11-16;1-5(2,3)4/h2-13,20H,1H3;(H3,1,2,3,4). The van der Waals surface area contributed by atoms with Crippen molar-refractivity contribution in [2.24, 2.45) is 0 Å². The molecule has 4 N–H and O–H groups in total. The van der Waals surface area contributed by atoms with E-state index in [1.807, 2.05) is 49.4 Å². The fourth-order valence-corrected chi connectivity index (χ4v) is 2.54. The molecule has 0 aromatic heterocycles. The van der Waals surface area contributed by atoms with Crippen molar-refractivity contribution in [1.29, 1.82) is 0 Å². The lowest BCUT2D eigenvalue weighted by Gasteiger charge is -2.14. The fraction of sp³-hybridized carbons (Fsp3) is 0.0526. The zero-order valence-electron chi connectivity index (χ0n) is 13.6. The van der Waals surface area contributed by atoms with Crippen LogP contribution < -0.4 is 0 Å². The molecule has 3 rings (SSSR count). The Labute approximate surface area is 146 Å². The lowest BCUT2D eigenvalue weighted by molar-refractivity contribution is 0.275. The first-order valence-corrected chi connectivity index (χ1v) is 9.05. The van der Waals surface area contributed by atoms with E-state index in [2.05, 4.69) is 24.3 Å². The number of aromatic hydroxyl groups is 1. The minimum Gasteiger partial charge on any atom is -0.508 e. The molecule has 0 amide bonds. The number of phenolic OH excluding ortho intramolecular Hbond substituents is 1. The van der Waals surface area contributed by atoms with Crippen molar-refractivity contribution < 1.29 is 24.4 Å². The van der Waals surface area contributed by atoms with Gasteiger partial charge in [0.15, 0.2) is 0 Å². The second-order valence-corrected chi connectivity index (χ2v) is 6.40. The van der Waals surface area contributed by atoms with Gasteiger partial charge in [-0.2, -0.15) is 0 Å². The molecule has 0 aliphatic carbocycles. The van der Waals surface area contributed by atoms with Crippen LogP contribution >= 0.6 is 7.82 Å². The molecule has 0 radical (unpaired) electrons. The van der Waals surface area contributed by atoms with Gasteiger partial charge in [-0.1, -0.05) is 66.7 Å². The maximum absolute atomic E-state index is 10.0. The molecule has 3 aromatic carbocycles. The summed E-state index contributed by atoms with van der Waals surface area (Å²) in [5.41, 5.74) is 5.44. The van der Waals surface area contributed by atoms with E-state index >= 15 is 0 Å². The zero-order valence-corrected chi connectivity index (χ0v) is 14.5. The summed E-state index contributed by atoms with van der Waals surface area (Å²) in [6.07, 6.45) is 0. The quantitative estimate of drug-likeness (QED) is 0.517. The smallest absolute Gasteiger partial charge is 0.466 e. The van der Waals surface area contributed by atoms with E-state index < -0.39 is 7.82 Å². The maximum Gasteiger partial charge on any atom is 0.466 e. The molecule has 0 bridgehead atoms. The van der Waals surface area contributed by atoms with Crippen LogP contribution in [0.15, 0.2) is 72.8 Å². The van der Waals surface area contributed by atoms with Crippen LogP contribution in [0, 0.1) is 6.92 Å². The summed E-state index contributed by atoms with van der Waals surface area (Å²) in [4.78, 5) is 21.6. The van der Waals surface area contributed by atoms with Gasteiger partial charge in [0.25, 0.3) is 0 Å². The Hall–Kier alpha value is -2.43. The van der Waals surface area contributed by atoms with Gasteiger partial charge in [-0.3, -0.25) is 0 Å². The molecule has 0 heterocycles. The molecule has 25 heavy (non-hydrogen) atoms. The average Bonchev–Trinajstić information content (AvgIpc) is 2.57. The summed E-state index contributed by atoms with van der Waals surface area (Å²) in [6, 6.07) is 24.2. The number of benzene rings is 3. The summed E-state index contributed by atoms with van der Waals surface area (Å²) in [5.74, 6) is 0.337. The van der Waals surface area contributed by atoms with Gasteiger partial charge in [0.05, 0.1) is 0 Å². The summed E-state index contributed by atoms with van der Waals surface area (Å²) in [5, 5.41) is 10.0. The molecule has 6 heteroatoms. The number of phosphoric acid groups is 1. The Bertz CT molecular complexity index is 865. The molecule has 0 saturated heterocycles. The van der Waals surface area contributed by atoms with E-state index in [9.17, 15) is 5.11 Å². The van der Waals surface area contributed by atoms with Crippen molar-refractivity contribution >= 4 is 7.82 Å². The van der Waals surface area contributed by atoms with Crippen LogP contribution in [0.2, 0.25) is 0 Å². The Morgan fingerprint density at radius 1 is 0.720 bits per heavy atom. The summed E-state index contributed by atoms with van der Waals surface area (Å²) < 4.78 is 8.88. The Morgan fingerprint density at radius 3 is 1.64 bits per heavy atom. The normalized spacial score (nSPS) is 10.7. The van der Waals surface area contributed by atoms with E-state index in [-0.39, 0.29) is 0 Å². The Kier molecular flexibility index (Phi) is 6.12. The predicted molar refractivity (Wildman–Crippen MR) is 98.0 cm³/mol. The van der Waals surface area contributed by atoms with Gasteiger partial charge in [-0.05, 0) is 40.8 Å². The van der Waals surface area contributed by atoms with Gasteiger partial charge >= 0.3 is 7.82 Å². The molecule has 0 atom stereocenters. The SMILES string of the molecule is Cc1c(O)ccc(-c2ccccc2)c1-c1ccccc1.O=P(O)(O)O. The van der Waals surface area contributed by atoms with Crippen LogP contribution in [0.4, 0.5) is 0 Å². The molecule has 0 saturated carbocycles. The first kappa shape index (κ1) is 18.9. The molecule has 3 aromatic rings. The molecule has 0 unspecified atom stereocenters. The maximum atomic E-state index is 10.0. The lowest BCUT2D eigenvalue weighted by Crippen LogP contribution is -1.89. The first-order valence-electron chi connectivity index (χ1n) is 7.49. The number of rotatable bonds is 2.